The quantitative estimate of drug-likeness (QED) is 0.307. The van der Waals surface area contributed by atoms with Gasteiger partial charge in [-0.1, -0.05) is 24.3 Å². The van der Waals surface area contributed by atoms with Crippen LogP contribution in [0.5, 0.6) is 17.2 Å². The summed E-state index contributed by atoms with van der Waals surface area (Å²) < 4.78 is 11.3. The lowest BCUT2D eigenvalue weighted by Gasteiger charge is -2.32. The van der Waals surface area contributed by atoms with Crippen molar-refractivity contribution in [2.75, 3.05) is 45.9 Å². The van der Waals surface area contributed by atoms with E-state index in [-0.39, 0.29) is 12.1 Å². The van der Waals surface area contributed by atoms with Crippen molar-refractivity contribution in [3.8, 4) is 30.1 Å². The molecule has 2 N–H and O–H groups in total. The molecule has 0 aliphatic heterocycles. The van der Waals surface area contributed by atoms with Crippen molar-refractivity contribution >= 4 is 5.69 Å². The third-order valence-electron chi connectivity index (χ3n) is 7.22. The van der Waals surface area contributed by atoms with Gasteiger partial charge in [0.25, 0.3) is 0 Å². The second kappa shape index (κ2) is 16.4. The molecule has 0 unspecified atom stereocenters. The average molecular weight is 547 g/mol. The number of hydrogen-bond acceptors (Lipinski definition) is 6. The van der Waals surface area contributed by atoms with Gasteiger partial charge in [-0.3, -0.25) is 0 Å². The van der Waals surface area contributed by atoms with Crippen LogP contribution in [0.25, 0.3) is 0 Å². The second-order valence-corrected chi connectivity index (χ2v) is 10.6. The van der Waals surface area contributed by atoms with Crippen LogP contribution in [-0.4, -0.2) is 61.6 Å². The normalized spacial score (nSPS) is 12.2. The van der Waals surface area contributed by atoms with Gasteiger partial charge in [0.2, 0.25) is 0 Å². The van der Waals surface area contributed by atoms with E-state index in [1.807, 2.05) is 48.5 Å². The number of likely N-dealkylation sites (N-methyl/N-ethyl adjacent to an activating group) is 1. The molecule has 3 aromatic carbocycles. The molecule has 6 nitrogen and oxygen atoms in total. The number of methoxy groups -OCH3 is 1. The minimum absolute atomic E-state index is 0.0248. The highest BCUT2D eigenvalue weighted by molar-refractivity contribution is 5.51. The molecule has 0 radical (unpaired) electrons. The summed E-state index contributed by atoms with van der Waals surface area (Å²) in [7, 11) is 5.77. The van der Waals surface area contributed by atoms with Gasteiger partial charge in [-0.2, -0.15) is 0 Å². The van der Waals surface area contributed by atoms with Gasteiger partial charge >= 0.3 is 0 Å². The van der Waals surface area contributed by atoms with E-state index in [1.165, 1.54) is 30.4 Å². The minimum Gasteiger partial charge on any atom is -0.508 e. The van der Waals surface area contributed by atoms with Gasteiger partial charge in [-0.05, 0) is 107 Å². The van der Waals surface area contributed by atoms with Gasteiger partial charge in [0.1, 0.15) is 23.9 Å². The summed E-state index contributed by atoms with van der Waals surface area (Å²) in [6, 6.07) is 21.8. The Bertz CT molecular complexity index is 1170. The number of aliphatic hydroxyl groups excluding tert-OH is 1. The maximum absolute atomic E-state index is 9.44. The van der Waals surface area contributed by atoms with Gasteiger partial charge in [-0.25, -0.2) is 0 Å². The molecule has 0 bridgehead atoms. The van der Waals surface area contributed by atoms with Crippen molar-refractivity contribution in [2.45, 2.75) is 51.6 Å². The molecule has 216 valence electrons. The first-order valence-electron chi connectivity index (χ1n) is 13.7. The van der Waals surface area contributed by atoms with Crippen LogP contribution < -0.4 is 14.4 Å². The second-order valence-electron chi connectivity index (χ2n) is 10.6. The smallest absolute Gasteiger partial charge is 0.120 e. The highest BCUT2D eigenvalue weighted by atomic mass is 16.5. The first kappa shape index (κ1) is 32.6. The molecule has 3 aromatic rings. The number of rotatable bonds is 10. The number of phenols is 1. The van der Waals surface area contributed by atoms with Crippen LogP contribution in [0.1, 0.15) is 43.4 Å². The van der Waals surface area contributed by atoms with E-state index >= 15 is 0 Å². The first-order valence-corrected chi connectivity index (χ1v) is 13.7. The molecule has 0 aromatic heterocycles. The van der Waals surface area contributed by atoms with E-state index in [1.54, 1.807) is 13.2 Å². The highest BCUT2D eigenvalue weighted by Gasteiger charge is 2.21. The summed E-state index contributed by atoms with van der Waals surface area (Å²) in [4.78, 5) is 4.29. The molecule has 0 amide bonds. The molecule has 0 saturated heterocycles. The van der Waals surface area contributed by atoms with E-state index in [0.29, 0.717) is 25.4 Å². The molecule has 1 aliphatic carbocycles. The lowest BCUT2D eigenvalue weighted by molar-refractivity contribution is 0.114. The minimum atomic E-state index is -0.0248. The van der Waals surface area contributed by atoms with Gasteiger partial charge in [0.05, 0.1) is 13.7 Å². The summed E-state index contributed by atoms with van der Waals surface area (Å²) in [6.45, 7) is 6.29. The number of ether oxygens (including phenoxy) is 2. The molecule has 1 aliphatic rings. The standard InChI is InChI=1S/C22H32N2O3.C10H12O.C2H2/c1-22(2,23(3)4)17-27-20-11-9-18(10-12-20)16-24(13-14-25)19-7-6-8-21(15-19)26-5;11-10-6-5-8-3-1-2-4-9(8)7-10;1-2/h6-12,15,25H,13-14,16-17H2,1-5H3;5-7,11H,1-4H2;1-2H. The Morgan fingerprint density at radius 2 is 1.55 bits per heavy atom. The van der Waals surface area contributed by atoms with Crippen LogP contribution in [0.3, 0.4) is 0 Å². The largest absolute Gasteiger partial charge is 0.508 e. The Hall–Kier alpha value is -3.66. The summed E-state index contributed by atoms with van der Waals surface area (Å²) in [6.07, 6.45) is 12.9. The predicted molar refractivity (Wildman–Crippen MR) is 165 cm³/mol. The maximum atomic E-state index is 9.44. The highest BCUT2D eigenvalue weighted by Crippen LogP contribution is 2.25. The van der Waals surface area contributed by atoms with Crippen LogP contribution in [0.2, 0.25) is 0 Å². The Labute approximate surface area is 241 Å². The molecule has 0 saturated carbocycles. The molecule has 40 heavy (non-hydrogen) atoms. The van der Waals surface area contributed by atoms with Gasteiger partial charge in [0.15, 0.2) is 0 Å². The number of aromatic hydroxyl groups is 1. The zero-order chi connectivity index (χ0) is 29.5. The van der Waals surface area contributed by atoms with E-state index in [9.17, 15) is 10.2 Å². The van der Waals surface area contributed by atoms with E-state index in [2.05, 4.69) is 62.7 Å². The number of nitrogens with zero attached hydrogens (tertiary/aromatic N) is 2. The Balaban J connectivity index is 0.000000355. The zero-order valence-corrected chi connectivity index (χ0v) is 24.8. The summed E-state index contributed by atoms with van der Waals surface area (Å²) in [5.41, 5.74) is 4.93. The Morgan fingerprint density at radius 1 is 0.875 bits per heavy atom. The average Bonchev–Trinajstić information content (AvgIpc) is 2.98. The fourth-order valence-corrected chi connectivity index (χ4v) is 4.25. The van der Waals surface area contributed by atoms with Crippen molar-refractivity contribution < 1.29 is 19.7 Å². The third-order valence-corrected chi connectivity index (χ3v) is 7.22. The van der Waals surface area contributed by atoms with Crippen molar-refractivity contribution in [1.29, 1.82) is 0 Å². The molecule has 4 rings (SSSR count). The number of hydrogen-bond donors (Lipinski definition) is 2. The number of anilines is 1. The topological polar surface area (TPSA) is 65.4 Å². The fraction of sp³-hybridized carbons (Fsp3) is 0.412. The lowest BCUT2D eigenvalue weighted by Crippen LogP contribution is -2.43. The van der Waals surface area contributed by atoms with Gasteiger partial charge in [-0.15, -0.1) is 12.8 Å². The number of benzene rings is 3. The van der Waals surface area contributed by atoms with Crippen molar-refractivity contribution in [2.24, 2.45) is 0 Å². The number of phenolic OH excluding ortho intramolecular Hbond substituents is 1. The lowest BCUT2D eigenvalue weighted by atomic mass is 9.92. The third kappa shape index (κ3) is 10.1. The summed E-state index contributed by atoms with van der Waals surface area (Å²) >= 11 is 0. The van der Waals surface area contributed by atoms with Crippen molar-refractivity contribution in [1.82, 2.24) is 4.90 Å². The predicted octanol–water partition coefficient (Wildman–Crippen LogP) is 5.93. The van der Waals surface area contributed by atoms with E-state index in [0.717, 1.165) is 29.2 Å². The van der Waals surface area contributed by atoms with Crippen LogP contribution in [0.15, 0.2) is 66.7 Å². The van der Waals surface area contributed by atoms with Crippen LogP contribution in [0, 0.1) is 12.8 Å². The number of aryl methyl sites for hydroxylation is 2. The van der Waals surface area contributed by atoms with E-state index < -0.39 is 0 Å². The first-order chi connectivity index (χ1) is 19.2. The molecule has 0 spiro atoms. The Morgan fingerprint density at radius 3 is 2.17 bits per heavy atom. The SMILES string of the molecule is C#C.COc1cccc(N(CCO)Cc2ccc(OCC(C)(C)N(C)C)cc2)c1.Oc1ccc2c(c1)CCCC2. The molecule has 6 heteroatoms. The van der Waals surface area contributed by atoms with Crippen LogP contribution in [-0.2, 0) is 19.4 Å². The van der Waals surface area contributed by atoms with E-state index in [4.69, 9.17) is 9.47 Å². The fourth-order valence-electron chi connectivity index (χ4n) is 4.25. The monoisotopic (exact) mass is 546 g/mol. The molecule has 0 fully saturated rings. The van der Waals surface area contributed by atoms with Crippen molar-refractivity contribution in [3.63, 3.8) is 0 Å². The van der Waals surface area contributed by atoms with Gasteiger partial charge < -0.3 is 29.5 Å². The zero-order valence-electron chi connectivity index (χ0n) is 24.8. The van der Waals surface area contributed by atoms with Crippen LogP contribution >= 0.6 is 0 Å². The Kier molecular flexibility index (Phi) is 13.4. The maximum Gasteiger partial charge on any atom is 0.120 e. The van der Waals surface area contributed by atoms with Crippen molar-refractivity contribution in [3.05, 3.63) is 83.4 Å². The summed E-state index contributed by atoms with van der Waals surface area (Å²) in [5.74, 6) is 2.08. The number of fused-ring (bicyclic) bond motifs is 1. The van der Waals surface area contributed by atoms with Gasteiger partial charge in [0, 0.05) is 30.4 Å². The molecular formula is C34H46N2O4. The molecular weight excluding hydrogens is 500 g/mol. The number of aliphatic hydroxyl groups is 1. The summed E-state index contributed by atoms with van der Waals surface area (Å²) in [5, 5.41) is 18.6. The van der Waals surface area contributed by atoms with Crippen LogP contribution in [0.4, 0.5) is 5.69 Å². The number of terminal acetylenes is 1. The molecule has 0 heterocycles. The molecule has 0 atom stereocenters.